The number of sulfonamides is 1. The number of nitrogens with zero attached hydrogens (tertiary/aromatic N) is 1. The Balaban J connectivity index is 2.34. The van der Waals surface area contributed by atoms with E-state index >= 15 is 0 Å². The molecule has 108 valence electrons. The molecule has 0 aliphatic heterocycles. The van der Waals surface area contributed by atoms with Crippen LogP contribution >= 0.6 is 0 Å². The van der Waals surface area contributed by atoms with Crippen molar-refractivity contribution in [1.29, 1.82) is 0 Å². The van der Waals surface area contributed by atoms with Gasteiger partial charge in [-0.15, -0.1) is 0 Å². The average Bonchev–Trinajstić information content (AvgIpc) is 2.92. The fourth-order valence-electron chi connectivity index (χ4n) is 1.94. The van der Waals surface area contributed by atoms with Crippen molar-refractivity contribution in [2.45, 2.75) is 24.9 Å². The van der Waals surface area contributed by atoms with E-state index in [1.54, 1.807) is 32.2 Å². The minimum Gasteiger partial charge on any atom is -0.472 e. The van der Waals surface area contributed by atoms with Gasteiger partial charge in [-0.25, -0.2) is 8.42 Å². The average molecular weight is 294 g/mol. The summed E-state index contributed by atoms with van der Waals surface area (Å²) in [6.07, 6.45) is 3.06. The van der Waals surface area contributed by atoms with Gasteiger partial charge in [-0.05, 0) is 30.2 Å². The quantitative estimate of drug-likeness (QED) is 0.913. The first-order valence-corrected chi connectivity index (χ1v) is 7.66. The standard InChI is InChI=1S/C14H18N2O3S/c1-11-3-4-12(8-15)7-14(11)20(17,18)16(2)9-13-5-6-19-10-13/h3-7,10H,8-9,15H2,1-2H3. The monoisotopic (exact) mass is 294 g/mol. The highest BCUT2D eigenvalue weighted by atomic mass is 32.2. The van der Waals surface area contributed by atoms with Gasteiger partial charge < -0.3 is 10.2 Å². The van der Waals surface area contributed by atoms with Crippen LogP contribution in [0, 0.1) is 6.92 Å². The van der Waals surface area contributed by atoms with Crippen LogP contribution < -0.4 is 5.73 Å². The van der Waals surface area contributed by atoms with Gasteiger partial charge in [0.2, 0.25) is 10.0 Å². The second-order valence-corrected chi connectivity index (χ2v) is 6.71. The zero-order valence-electron chi connectivity index (χ0n) is 11.5. The first kappa shape index (κ1) is 14.8. The highest BCUT2D eigenvalue weighted by Crippen LogP contribution is 2.22. The van der Waals surface area contributed by atoms with Crippen molar-refractivity contribution in [3.8, 4) is 0 Å². The Bertz CT molecular complexity index is 678. The maximum Gasteiger partial charge on any atom is 0.243 e. The molecule has 0 aliphatic rings. The summed E-state index contributed by atoms with van der Waals surface area (Å²) in [5, 5.41) is 0. The van der Waals surface area contributed by atoms with Gasteiger partial charge in [-0.3, -0.25) is 0 Å². The Labute approximate surface area is 119 Å². The van der Waals surface area contributed by atoms with Crippen molar-refractivity contribution < 1.29 is 12.8 Å². The predicted molar refractivity (Wildman–Crippen MR) is 76.4 cm³/mol. The summed E-state index contributed by atoms with van der Waals surface area (Å²) in [5.41, 5.74) is 7.89. The number of hydrogen-bond acceptors (Lipinski definition) is 4. The fraction of sp³-hybridized carbons (Fsp3) is 0.286. The molecule has 0 aliphatic carbocycles. The molecule has 0 amide bonds. The van der Waals surface area contributed by atoms with Crippen molar-refractivity contribution in [2.75, 3.05) is 7.05 Å². The molecule has 0 atom stereocenters. The van der Waals surface area contributed by atoms with Crippen LogP contribution in [0.25, 0.3) is 0 Å². The third kappa shape index (κ3) is 2.92. The number of nitrogens with two attached hydrogens (primary N) is 1. The molecule has 1 aromatic heterocycles. The van der Waals surface area contributed by atoms with Gasteiger partial charge in [-0.1, -0.05) is 12.1 Å². The predicted octanol–water partition coefficient (Wildman–Crippen LogP) is 1.87. The van der Waals surface area contributed by atoms with Crippen LogP contribution in [-0.2, 0) is 23.1 Å². The van der Waals surface area contributed by atoms with Gasteiger partial charge in [0.15, 0.2) is 0 Å². The second-order valence-electron chi connectivity index (χ2n) is 4.70. The highest BCUT2D eigenvalue weighted by molar-refractivity contribution is 7.89. The molecule has 5 nitrogen and oxygen atoms in total. The maximum atomic E-state index is 12.6. The molecule has 2 aromatic rings. The number of benzene rings is 1. The first-order chi connectivity index (χ1) is 9.45. The Morgan fingerprint density at radius 2 is 2.00 bits per heavy atom. The van der Waals surface area contributed by atoms with E-state index in [0.29, 0.717) is 17.0 Å². The lowest BCUT2D eigenvalue weighted by Gasteiger charge is -2.18. The topological polar surface area (TPSA) is 76.5 Å². The van der Waals surface area contributed by atoms with Crippen LogP contribution in [-0.4, -0.2) is 19.8 Å². The van der Waals surface area contributed by atoms with E-state index in [0.717, 1.165) is 11.1 Å². The van der Waals surface area contributed by atoms with Gasteiger partial charge in [0.05, 0.1) is 17.4 Å². The van der Waals surface area contributed by atoms with Crippen LogP contribution in [0.2, 0.25) is 0 Å². The highest BCUT2D eigenvalue weighted by Gasteiger charge is 2.23. The van der Waals surface area contributed by atoms with Gasteiger partial charge in [0.1, 0.15) is 0 Å². The van der Waals surface area contributed by atoms with Crippen molar-refractivity contribution in [2.24, 2.45) is 5.73 Å². The third-order valence-electron chi connectivity index (χ3n) is 3.16. The Hall–Kier alpha value is -1.63. The molecule has 0 spiro atoms. The van der Waals surface area contributed by atoms with Gasteiger partial charge in [0.25, 0.3) is 0 Å². The van der Waals surface area contributed by atoms with E-state index < -0.39 is 10.0 Å². The van der Waals surface area contributed by atoms with Crippen LogP contribution in [0.5, 0.6) is 0 Å². The molecule has 0 unspecified atom stereocenters. The normalized spacial score (nSPS) is 12.0. The summed E-state index contributed by atoms with van der Waals surface area (Å²) in [4.78, 5) is 0.298. The third-order valence-corrected chi connectivity index (χ3v) is 5.11. The zero-order chi connectivity index (χ0) is 14.8. The Morgan fingerprint density at radius 1 is 1.25 bits per heavy atom. The molecule has 1 aromatic carbocycles. The molecule has 2 N–H and O–H groups in total. The summed E-state index contributed by atoms with van der Waals surface area (Å²) in [5.74, 6) is 0. The molecule has 0 radical (unpaired) electrons. The molecular formula is C14H18N2O3S. The number of furan rings is 1. The number of hydrogen-bond donors (Lipinski definition) is 1. The molecule has 2 rings (SSSR count). The van der Waals surface area contributed by atoms with E-state index in [2.05, 4.69) is 0 Å². The summed E-state index contributed by atoms with van der Waals surface area (Å²) < 4.78 is 31.5. The molecule has 0 saturated heterocycles. The largest absolute Gasteiger partial charge is 0.472 e. The SMILES string of the molecule is Cc1ccc(CN)cc1S(=O)(=O)N(C)Cc1ccoc1. The molecule has 0 bridgehead atoms. The summed E-state index contributed by atoms with van der Waals surface area (Å²) in [6, 6.07) is 7.00. The van der Waals surface area contributed by atoms with Gasteiger partial charge >= 0.3 is 0 Å². The van der Waals surface area contributed by atoms with E-state index in [1.807, 2.05) is 6.07 Å². The molecule has 20 heavy (non-hydrogen) atoms. The summed E-state index contributed by atoms with van der Waals surface area (Å²) in [6.45, 7) is 2.36. The number of rotatable bonds is 5. The van der Waals surface area contributed by atoms with Crippen LogP contribution in [0.15, 0.2) is 46.1 Å². The Kier molecular flexibility index (Phi) is 4.27. The summed E-state index contributed by atoms with van der Waals surface area (Å²) >= 11 is 0. The van der Waals surface area contributed by atoms with Crippen LogP contribution in [0.1, 0.15) is 16.7 Å². The summed E-state index contributed by atoms with van der Waals surface area (Å²) in [7, 11) is -1.99. The zero-order valence-corrected chi connectivity index (χ0v) is 12.4. The molecular weight excluding hydrogens is 276 g/mol. The molecule has 0 saturated carbocycles. The smallest absolute Gasteiger partial charge is 0.243 e. The molecule has 6 heteroatoms. The second kappa shape index (κ2) is 5.78. The minimum absolute atomic E-state index is 0.269. The minimum atomic E-state index is -3.54. The first-order valence-electron chi connectivity index (χ1n) is 6.22. The number of aryl methyl sites for hydroxylation is 1. The van der Waals surface area contributed by atoms with Crippen molar-refractivity contribution in [3.05, 3.63) is 53.5 Å². The van der Waals surface area contributed by atoms with Gasteiger partial charge in [0, 0.05) is 25.7 Å². The van der Waals surface area contributed by atoms with Crippen molar-refractivity contribution in [3.63, 3.8) is 0 Å². The van der Waals surface area contributed by atoms with E-state index in [-0.39, 0.29) is 6.54 Å². The van der Waals surface area contributed by atoms with E-state index in [4.69, 9.17) is 10.2 Å². The van der Waals surface area contributed by atoms with Crippen molar-refractivity contribution in [1.82, 2.24) is 4.31 Å². The molecule has 0 fully saturated rings. The lowest BCUT2D eigenvalue weighted by atomic mass is 10.1. The maximum absolute atomic E-state index is 12.6. The van der Waals surface area contributed by atoms with E-state index in [1.165, 1.54) is 16.8 Å². The molecule has 1 heterocycles. The van der Waals surface area contributed by atoms with E-state index in [9.17, 15) is 8.42 Å². The van der Waals surface area contributed by atoms with Crippen LogP contribution in [0.3, 0.4) is 0 Å². The van der Waals surface area contributed by atoms with Crippen LogP contribution in [0.4, 0.5) is 0 Å². The lowest BCUT2D eigenvalue weighted by Crippen LogP contribution is -2.27. The van der Waals surface area contributed by atoms with Crippen molar-refractivity contribution >= 4 is 10.0 Å². The fourth-order valence-corrected chi connectivity index (χ4v) is 3.37. The Morgan fingerprint density at radius 3 is 2.60 bits per heavy atom. The lowest BCUT2D eigenvalue weighted by molar-refractivity contribution is 0.463. The van der Waals surface area contributed by atoms with Gasteiger partial charge in [-0.2, -0.15) is 4.31 Å².